The maximum absolute atomic E-state index is 8.40. The minimum Gasteiger partial charge on any atom is -0.433 e. The molecule has 0 aromatic carbocycles. The lowest BCUT2D eigenvalue weighted by molar-refractivity contribution is 0.567. The highest BCUT2D eigenvalue weighted by molar-refractivity contribution is 6.32. The molecule has 0 amide bonds. The quantitative estimate of drug-likeness (QED) is 0.739. The molecule has 0 saturated heterocycles. The molecule has 1 heterocycles. The van der Waals surface area contributed by atoms with Crippen molar-refractivity contribution in [1.82, 2.24) is 0 Å². The molecule has 1 rings (SSSR count). The summed E-state index contributed by atoms with van der Waals surface area (Å²) in [7, 11) is 0. The first kappa shape index (κ1) is 8.41. The number of nitrogens with zero attached hydrogens (tertiary/aromatic N) is 1. The standard InChI is InChI=1S/C6H4Cl2N2O/c7-5-1-3(4(10)2-9)6(8)11-5/h1,4H,10H2. The average molecular weight is 191 g/mol. The molecule has 5 heteroatoms. The Kier molecular flexibility index (Phi) is 2.40. The number of hydrogen-bond acceptors (Lipinski definition) is 3. The van der Waals surface area contributed by atoms with Crippen LogP contribution in [-0.4, -0.2) is 0 Å². The normalized spacial score (nSPS) is 12.5. The molecule has 0 spiro atoms. The van der Waals surface area contributed by atoms with E-state index in [2.05, 4.69) is 0 Å². The second-order valence-corrected chi connectivity index (χ2v) is 2.60. The summed E-state index contributed by atoms with van der Waals surface area (Å²) < 4.78 is 4.74. The maximum Gasteiger partial charge on any atom is 0.201 e. The molecular formula is C6H4Cl2N2O. The van der Waals surface area contributed by atoms with Gasteiger partial charge in [0.1, 0.15) is 6.04 Å². The fourth-order valence-electron chi connectivity index (χ4n) is 0.635. The Morgan fingerprint density at radius 2 is 2.27 bits per heavy atom. The molecule has 1 unspecified atom stereocenters. The minimum atomic E-state index is -0.779. The van der Waals surface area contributed by atoms with Crippen molar-refractivity contribution in [3.8, 4) is 6.07 Å². The van der Waals surface area contributed by atoms with E-state index >= 15 is 0 Å². The van der Waals surface area contributed by atoms with Crippen LogP contribution >= 0.6 is 23.2 Å². The van der Waals surface area contributed by atoms with Gasteiger partial charge in [0.25, 0.3) is 0 Å². The number of rotatable bonds is 1. The number of halogens is 2. The van der Waals surface area contributed by atoms with Crippen LogP contribution in [0.25, 0.3) is 0 Å². The lowest BCUT2D eigenvalue weighted by Crippen LogP contribution is -2.05. The molecule has 0 aliphatic rings. The van der Waals surface area contributed by atoms with E-state index in [0.717, 1.165) is 0 Å². The molecular weight excluding hydrogens is 187 g/mol. The van der Waals surface area contributed by atoms with Gasteiger partial charge in [-0.1, -0.05) is 0 Å². The lowest BCUT2D eigenvalue weighted by atomic mass is 10.2. The first-order chi connectivity index (χ1) is 5.15. The number of furan rings is 1. The van der Waals surface area contributed by atoms with Crippen molar-refractivity contribution >= 4 is 23.2 Å². The summed E-state index contributed by atoms with van der Waals surface area (Å²) in [5, 5.41) is 8.61. The van der Waals surface area contributed by atoms with Gasteiger partial charge in [-0.25, -0.2) is 0 Å². The van der Waals surface area contributed by atoms with Crippen LogP contribution in [0.4, 0.5) is 0 Å². The van der Waals surface area contributed by atoms with Gasteiger partial charge in [0.05, 0.1) is 6.07 Å². The molecule has 0 aliphatic heterocycles. The van der Waals surface area contributed by atoms with Gasteiger partial charge in [-0.05, 0) is 23.2 Å². The molecule has 0 saturated carbocycles. The van der Waals surface area contributed by atoms with E-state index in [9.17, 15) is 0 Å². The van der Waals surface area contributed by atoms with Crippen LogP contribution in [0.15, 0.2) is 10.5 Å². The van der Waals surface area contributed by atoms with E-state index in [1.54, 1.807) is 0 Å². The number of nitriles is 1. The summed E-state index contributed by atoms with van der Waals surface area (Å²) in [6, 6.07) is 2.46. The van der Waals surface area contributed by atoms with E-state index in [1.807, 2.05) is 6.07 Å². The fourth-order valence-corrected chi connectivity index (χ4v) is 1.12. The lowest BCUT2D eigenvalue weighted by Gasteiger charge is -1.95. The fraction of sp³-hybridized carbons (Fsp3) is 0.167. The average Bonchev–Trinajstić information content (AvgIpc) is 2.28. The van der Waals surface area contributed by atoms with Crippen LogP contribution in [0.3, 0.4) is 0 Å². The molecule has 0 aliphatic carbocycles. The Hall–Kier alpha value is -0.690. The highest BCUT2D eigenvalue weighted by atomic mass is 35.5. The predicted molar refractivity (Wildman–Crippen MR) is 41.3 cm³/mol. The van der Waals surface area contributed by atoms with Crippen LogP contribution < -0.4 is 5.73 Å². The van der Waals surface area contributed by atoms with Crippen LogP contribution in [-0.2, 0) is 0 Å². The minimum absolute atomic E-state index is 0.0732. The molecule has 3 nitrogen and oxygen atoms in total. The van der Waals surface area contributed by atoms with Gasteiger partial charge < -0.3 is 10.2 Å². The van der Waals surface area contributed by atoms with Crippen LogP contribution in [0.5, 0.6) is 0 Å². The monoisotopic (exact) mass is 190 g/mol. The number of hydrogen-bond donors (Lipinski definition) is 1. The topological polar surface area (TPSA) is 63.0 Å². The third-order valence-corrected chi connectivity index (χ3v) is 1.64. The van der Waals surface area contributed by atoms with Gasteiger partial charge in [-0.2, -0.15) is 5.26 Å². The second-order valence-electron chi connectivity index (χ2n) is 1.89. The van der Waals surface area contributed by atoms with Gasteiger partial charge in [-0.15, -0.1) is 0 Å². The van der Waals surface area contributed by atoms with Crippen LogP contribution in [0.1, 0.15) is 11.6 Å². The zero-order chi connectivity index (χ0) is 8.43. The van der Waals surface area contributed by atoms with E-state index in [1.165, 1.54) is 6.07 Å². The Morgan fingerprint density at radius 1 is 1.64 bits per heavy atom. The van der Waals surface area contributed by atoms with E-state index in [-0.39, 0.29) is 10.4 Å². The first-order valence-corrected chi connectivity index (χ1v) is 3.50. The molecule has 2 N–H and O–H groups in total. The summed E-state index contributed by atoms with van der Waals surface area (Å²) >= 11 is 11.0. The van der Waals surface area contributed by atoms with Crippen molar-refractivity contribution in [3.05, 3.63) is 22.1 Å². The Balaban J connectivity index is 3.05. The van der Waals surface area contributed by atoms with Crippen molar-refractivity contribution in [3.63, 3.8) is 0 Å². The largest absolute Gasteiger partial charge is 0.433 e. The molecule has 58 valence electrons. The summed E-state index contributed by atoms with van der Waals surface area (Å²) in [4.78, 5) is 0. The second kappa shape index (κ2) is 3.14. The molecule has 1 atom stereocenters. The zero-order valence-electron chi connectivity index (χ0n) is 5.34. The molecule has 0 fully saturated rings. The molecule has 1 aromatic rings. The Morgan fingerprint density at radius 3 is 2.64 bits per heavy atom. The van der Waals surface area contributed by atoms with Crippen LogP contribution in [0, 0.1) is 11.3 Å². The van der Waals surface area contributed by atoms with Gasteiger partial charge in [-0.3, -0.25) is 0 Å². The molecule has 1 aromatic heterocycles. The van der Waals surface area contributed by atoms with Crippen LogP contribution in [0.2, 0.25) is 10.4 Å². The summed E-state index contributed by atoms with van der Waals surface area (Å²) in [6.07, 6.45) is 0. The molecule has 0 bridgehead atoms. The van der Waals surface area contributed by atoms with Crippen molar-refractivity contribution in [1.29, 1.82) is 5.26 Å². The summed E-state index contributed by atoms with van der Waals surface area (Å²) in [5.41, 5.74) is 5.76. The third kappa shape index (κ3) is 1.66. The highest BCUT2D eigenvalue weighted by Crippen LogP contribution is 2.27. The van der Waals surface area contributed by atoms with Crippen molar-refractivity contribution < 1.29 is 4.42 Å². The highest BCUT2D eigenvalue weighted by Gasteiger charge is 2.13. The zero-order valence-corrected chi connectivity index (χ0v) is 6.86. The summed E-state index contributed by atoms with van der Waals surface area (Å²) in [6.45, 7) is 0. The predicted octanol–water partition coefficient (Wildman–Crippen LogP) is 2.11. The van der Waals surface area contributed by atoms with E-state index in [0.29, 0.717) is 5.56 Å². The smallest absolute Gasteiger partial charge is 0.201 e. The van der Waals surface area contributed by atoms with Gasteiger partial charge in [0.15, 0.2) is 5.22 Å². The van der Waals surface area contributed by atoms with E-state index < -0.39 is 6.04 Å². The van der Waals surface area contributed by atoms with Crippen molar-refractivity contribution in [2.45, 2.75) is 6.04 Å². The van der Waals surface area contributed by atoms with Gasteiger partial charge >= 0.3 is 0 Å². The van der Waals surface area contributed by atoms with Crippen molar-refractivity contribution in [2.75, 3.05) is 0 Å². The van der Waals surface area contributed by atoms with E-state index in [4.69, 9.17) is 38.6 Å². The third-order valence-electron chi connectivity index (χ3n) is 1.16. The van der Waals surface area contributed by atoms with Gasteiger partial charge in [0.2, 0.25) is 5.22 Å². The Labute approximate surface area is 73.3 Å². The molecule has 11 heavy (non-hydrogen) atoms. The summed E-state index contributed by atoms with van der Waals surface area (Å²) in [5.74, 6) is 0. The molecule has 0 radical (unpaired) electrons. The Bertz CT molecular complexity index is 302. The maximum atomic E-state index is 8.40. The number of nitrogens with two attached hydrogens (primary N) is 1. The SMILES string of the molecule is N#CC(N)c1cc(Cl)oc1Cl. The first-order valence-electron chi connectivity index (χ1n) is 2.75. The van der Waals surface area contributed by atoms with Gasteiger partial charge in [0, 0.05) is 11.6 Å². The van der Waals surface area contributed by atoms with Crippen molar-refractivity contribution in [2.24, 2.45) is 5.73 Å².